The van der Waals surface area contributed by atoms with E-state index in [9.17, 15) is 9.59 Å². The Labute approximate surface area is 181 Å². The van der Waals surface area contributed by atoms with Crippen molar-refractivity contribution in [1.82, 2.24) is 14.7 Å². The van der Waals surface area contributed by atoms with E-state index in [0.29, 0.717) is 38.3 Å². The van der Waals surface area contributed by atoms with E-state index in [1.807, 2.05) is 52.7 Å². The van der Waals surface area contributed by atoms with Crippen molar-refractivity contribution >= 4 is 44.9 Å². The van der Waals surface area contributed by atoms with Crippen LogP contribution in [-0.4, -0.2) is 39.6 Å². The molecule has 0 spiro atoms. The van der Waals surface area contributed by atoms with Crippen LogP contribution in [0, 0.1) is 5.92 Å². The molecule has 2 amide bonds. The van der Waals surface area contributed by atoms with E-state index in [1.165, 1.54) is 11.3 Å². The van der Waals surface area contributed by atoms with E-state index in [1.54, 1.807) is 10.9 Å². The Morgan fingerprint density at radius 3 is 2.72 bits per heavy atom. The van der Waals surface area contributed by atoms with Crippen LogP contribution in [0.3, 0.4) is 0 Å². The minimum Gasteiger partial charge on any atom is -0.338 e. The molecule has 1 aliphatic rings. The van der Waals surface area contributed by atoms with Crippen LogP contribution in [-0.2, 0) is 11.3 Å². The summed E-state index contributed by atoms with van der Waals surface area (Å²) in [6.45, 7) is 1.79. The number of benzene rings is 1. The highest BCUT2D eigenvalue weighted by molar-refractivity contribution is 9.10. The molecule has 4 rings (SSSR count). The molecule has 1 N–H and O–H groups in total. The largest absolute Gasteiger partial charge is 0.338 e. The van der Waals surface area contributed by atoms with Crippen molar-refractivity contribution in [3.8, 4) is 0 Å². The highest BCUT2D eigenvalue weighted by Crippen LogP contribution is 2.22. The number of halogens is 1. The average molecular weight is 473 g/mol. The summed E-state index contributed by atoms with van der Waals surface area (Å²) in [6, 6.07) is 13.6. The fourth-order valence-electron chi connectivity index (χ4n) is 3.50. The Kier molecular flexibility index (Phi) is 6.10. The molecule has 3 heterocycles. The lowest BCUT2D eigenvalue weighted by atomic mass is 9.96. The maximum Gasteiger partial charge on any atom is 0.263 e. The average Bonchev–Trinajstić information content (AvgIpc) is 3.40. The van der Waals surface area contributed by atoms with Gasteiger partial charge in [0.15, 0.2) is 0 Å². The zero-order valence-corrected chi connectivity index (χ0v) is 18.2. The van der Waals surface area contributed by atoms with Crippen LogP contribution in [0.1, 0.15) is 28.1 Å². The number of hydrogen-bond donors (Lipinski definition) is 1. The Bertz CT molecular complexity index is 994. The number of carbonyl (C=O) groups is 2. The zero-order chi connectivity index (χ0) is 20.2. The molecule has 1 aliphatic heterocycles. The second kappa shape index (κ2) is 8.92. The first-order chi connectivity index (χ1) is 14.1. The first-order valence-electron chi connectivity index (χ1n) is 9.50. The van der Waals surface area contributed by atoms with Crippen LogP contribution in [0.15, 0.2) is 58.5 Å². The number of carbonyl (C=O) groups excluding carboxylic acids is 2. The standard InChI is InChI=1S/C21H21BrN4O2S/c22-17-4-1-3-15(13-17)14-26-19(6-9-23-26)24-20(27)16-7-10-25(11-8-16)21(28)18-5-2-12-29-18/h1-6,9,12-13,16H,7-8,10-11,14H2,(H,24,27). The Morgan fingerprint density at radius 2 is 2.00 bits per heavy atom. The van der Waals surface area contributed by atoms with E-state index in [2.05, 4.69) is 26.3 Å². The second-order valence-electron chi connectivity index (χ2n) is 7.04. The van der Waals surface area contributed by atoms with Crippen molar-refractivity contribution in [2.45, 2.75) is 19.4 Å². The van der Waals surface area contributed by atoms with E-state index in [-0.39, 0.29) is 17.7 Å². The lowest BCUT2D eigenvalue weighted by molar-refractivity contribution is -0.121. The fraction of sp³-hybridized carbons (Fsp3) is 0.286. The lowest BCUT2D eigenvalue weighted by Gasteiger charge is -2.31. The molecule has 150 valence electrons. The highest BCUT2D eigenvalue weighted by atomic mass is 79.9. The maximum absolute atomic E-state index is 12.8. The van der Waals surface area contributed by atoms with Crippen LogP contribution in [0.25, 0.3) is 0 Å². The molecule has 0 atom stereocenters. The number of anilines is 1. The maximum atomic E-state index is 12.8. The van der Waals surface area contributed by atoms with Crippen LogP contribution >= 0.6 is 27.3 Å². The smallest absolute Gasteiger partial charge is 0.263 e. The van der Waals surface area contributed by atoms with Gasteiger partial charge in [0.2, 0.25) is 5.91 Å². The monoisotopic (exact) mass is 472 g/mol. The molecule has 29 heavy (non-hydrogen) atoms. The van der Waals surface area contributed by atoms with Gasteiger partial charge in [-0.25, -0.2) is 4.68 Å². The predicted octanol–water partition coefficient (Wildman–Crippen LogP) is 4.25. The number of likely N-dealkylation sites (tertiary alicyclic amines) is 1. The molecule has 0 radical (unpaired) electrons. The van der Waals surface area contributed by atoms with Crippen molar-refractivity contribution in [2.75, 3.05) is 18.4 Å². The lowest BCUT2D eigenvalue weighted by Crippen LogP contribution is -2.41. The van der Waals surface area contributed by atoms with E-state index in [0.717, 1.165) is 14.9 Å². The van der Waals surface area contributed by atoms with Crippen molar-refractivity contribution in [3.05, 3.63) is 69.0 Å². The molecule has 1 fully saturated rings. The molecule has 3 aromatic rings. The van der Waals surface area contributed by atoms with E-state index >= 15 is 0 Å². The summed E-state index contributed by atoms with van der Waals surface area (Å²) in [6.07, 6.45) is 3.03. The van der Waals surface area contributed by atoms with E-state index < -0.39 is 0 Å². The number of nitrogens with one attached hydrogen (secondary N) is 1. The molecule has 8 heteroatoms. The minimum atomic E-state index is -0.100. The van der Waals surface area contributed by atoms with Gasteiger partial charge in [-0.05, 0) is 42.0 Å². The predicted molar refractivity (Wildman–Crippen MR) is 117 cm³/mol. The molecule has 0 saturated carbocycles. The third kappa shape index (κ3) is 4.76. The van der Waals surface area contributed by atoms with Gasteiger partial charge in [0.05, 0.1) is 17.6 Å². The van der Waals surface area contributed by atoms with Gasteiger partial charge in [0.25, 0.3) is 5.91 Å². The number of nitrogens with zero attached hydrogens (tertiary/aromatic N) is 3. The third-order valence-corrected chi connectivity index (χ3v) is 6.43. The Morgan fingerprint density at radius 1 is 1.17 bits per heavy atom. The SMILES string of the molecule is O=C(Nc1ccnn1Cc1cccc(Br)c1)C1CCN(C(=O)c2cccs2)CC1. The van der Waals surface area contributed by atoms with Crippen molar-refractivity contribution in [3.63, 3.8) is 0 Å². The summed E-state index contributed by atoms with van der Waals surface area (Å²) in [5.41, 5.74) is 1.10. The third-order valence-electron chi connectivity index (χ3n) is 5.07. The van der Waals surface area contributed by atoms with Crippen LogP contribution < -0.4 is 5.32 Å². The topological polar surface area (TPSA) is 67.2 Å². The molecular formula is C21H21BrN4O2S. The number of aromatic nitrogens is 2. The number of amides is 2. The van der Waals surface area contributed by atoms with Gasteiger partial charge in [-0.2, -0.15) is 5.10 Å². The summed E-state index contributed by atoms with van der Waals surface area (Å²) in [4.78, 5) is 27.8. The van der Waals surface area contributed by atoms with Crippen LogP contribution in [0.5, 0.6) is 0 Å². The zero-order valence-electron chi connectivity index (χ0n) is 15.8. The molecule has 2 aromatic heterocycles. The van der Waals surface area contributed by atoms with Gasteiger partial charge in [0.1, 0.15) is 5.82 Å². The number of piperidine rings is 1. The first kappa shape index (κ1) is 19.8. The van der Waals surface area contributed by atoms with Gasteiger partial charge in [0, 0.05) is 29.5 Å². The summed E-state index contributed by atoms with van der Waals surface area (Å²) in [5.74, 6) is 0.638. The Balaban J connectivity index is 1.34. The second-order valence-corrected chi connectivity index (χ2v) is 8.90. The summed E-state index contributed by atoms with van der Waals surface area (Å²) < 4.78 is 2.80. The van der Waals surface area contributed by atoms with Gasteiger partial charge in [-0.3, -0.25) is 9.59 Å². The van der Waals surface area contributed by atoms with Crippen LogP contribution in [0.4, 0.5) is 5.82 Å². The van der Waals surface area contributed by atoms with Gasteiger partial charge < -0.3 is 10.2 Å². The van der Waals surface area contributed by atoms with Gasteiger partial charge in [-0.15, -0.1) is 11.3 Å². The van der Waals surface area contributed by atoms with Gasteiger partial charge >= 0.3 is 0 Å². The highest BCUT2D eigenvalue weighted by Gasteiger charge is 2.28. The number of thiophene rings is 1. The molecule has 6 nitrogen and oxygen atoms in total. The molecule has 1 aromatic carbocycles. The normalized spacial score (nSPS) is 14.7. The number of rotatable bonds is 5. The summed E-state index contributed by atoms with van der Waals surface area (Å²) >= 11 is 4.93. The van der Waals surface area contributed by atoms with E-state index in [4.69, 9.17) is 0 Å². The van der Waals surface area contributed by atoms with Gasteiger partial charge in [-0.1, -0.05) is 34.1 Å². The van der Waals surface area contributed by atoms with Crippen molar-refractivity contribution in [2.24, 2.45) is 5.92 Å². The quantitative estimate of drug-likeness (QED) is 0.603. The molecule has 0 aliphatic carbocycles. The summed E-state index contributed by atoms with van der Waals surface area (Å²) in [5, 5.41) is 9.26. The van der Waals surface area contributed by atoms with Crippen molar-refractivity contribution in [1.29, 1.82) is 0 Å². The summed E-state index contributed by atoms with van der Waals surface area (Å²) in [7, 11) is 0. The molecule has 0 unspecified atom stereocenters. The Hall–Kier alpha value is -2.45. The fourth-order valence-corrected chi connectivity index (χ4v) is 4.64. The molecule has 1 saturated heterocycles. The minimum absolute atomic E-state index is 0.00999. The number of hydrogen-bond acceptors (Lipinski definition) is 4. The molecular weight excluding hydrogens is 452 g/mol. The first-order valence-corrected chi connectivity index (χ1v) is 11.2. The van der Waals surface area contributed by atoms with Crippen molar-refractivity contribution < 1.29 is 9.59 Å². The van der Waals surface area contributed by atoms with Crippen LogP contribution in [0.2, 0.25) is 0 Å². The molecule has 0 bridgehead atoms.